The van der Waals surface area contributed by atoms with Gasteiger partial charge in [0, 0.05) is 5.56 Å². The molecule has 0 unspecified atom stereocenters. The fourth-order valence-electron chi connectivity index (χ4n) is 1.81. The number of halogens is 4. The van der Waals surface area contributed by atoms with Crippen molar-refractivity contribution < 1.29 is 17.9 Å². The Morgan fingerprint density at radius 2 is 1.74 bits per heavy atom. The molecule has 0 heterocycles. The summed E-state index contributed by atoms with van der Waals surface area (Å²) in [4.78, 5) is 0. The Hall–Kier alpha value is -1.68. The van der Waals surface area contributed by atoms with Gasteiger partial charge in [0.15, 0.2) is 0 Å². The molecule has 0 spiro atoms. The molecule has 100 valence electrons. The molecule has 0 N–H and O–H groups in total. The average molecular weight is 287 g/mol. The van der Waals surface area contributed by atoms with Crippen molar-refractivity contribution in [2.75, 3.05) is 7.11 Å². The molecule has 5 heteroatoms. The lowest BCUT2D eigenvalue weighted by Crippen LogP contribution is -2.04. The van der Waals surface area contributed by atoms with Crippen LogP contribution in [0.1, 0.15) is 5.56 Å². The second kappa shape index (κ2) is 5.13. The first-order valence-corrected chi connectivity index (χ1v) is 5.81. The topological polar surface area (TPSA) is 9.23 Å². The van der Waals surface area contributed by atoms with Gasteiger partial charge in [-0.25, -0.2) is 0 Å². The van der Waals surface area contributed by atoms with E-state index >= 15 is 0 Å². The summed E-state index contributed by atoms with van der Waals surface area (Å²) in [6.07, 6.45) is -4.38. The van der Waals surface area contributed by atoms with Crippen molar-refractivity contribution in [2.45, 2.75) is 6.18 Å². The van der Waals surface area contributed by atoms with Crippen LogP contribution >= 0.6 is 11.6 Å². The molecule has 0 aliphatic heterocycles. The highest BCUT2D eigenvalue weighted by Gasteiger charge is 2.30. The molecule has 0 saturated heterocycles. The van der Waals surface area contributed by atoms with Crippen LogP contribution in [-0.4, -0.2) is 7.11 Å². The minimum Gasteiger partial charge on any atom is -0.496 e. The van der Waals surface area contributed by atoms with Crippen molar-refractivity contribution >= 4 is 11.6 Å². The van der Waals surface area contributed by atoms with E-state index in [1.54, 1.807) is 24.3 Å². The summed E-state index contributed by atoms with van der Waals surface area (Å²) in [6, 6.07) is 9.94. The van der Waals surface area contributed by atoms with Crippen LogP contribution in [0, 0.1) is 0 Å². The van der Waals surface area contributed by atoms with Gasteiger partial charge in [-0.15, -0.1) is 0 Å². The molecular formula is C14H10ClF3O. The zero-order valence-electron chi connectivity index (χ0n) is 9.96. The van der Waals surface area contributed by atoms with E-state index in [-0.39, 0.29) is 0 Å². The highest BCUT2D eigenvalue weighted by Crippen LogP contribution is 2.38. The van der Waals surface area contributed by atoms with Crippen LogP contribution in [0.15, 0.2) is 42.5 Å². The minimum atomic E-state index is -4.38. The van der Waals surface area contributed by atoms with Gasteiger partial charge in [-0.3, -0.25) is 0 Å². The third kappa shape index (κ3) is 2.84. The van der Waals surface area contributed by atoms with Crippen molar-refractivity contribution in [3.8, 4) is 16.9 Å². The second-order valence-electron chi connectivity index (χ2n) is 3.90. The molecule has 0 aromatic heterocycles. The Morgan fingerprint density at radius 3 is 2.37 bits per heavy atom. The smallest absolute Gasteiger partial charge is 0.416 e. The number of methoxy groups -OCH3 is 1. The van der Waals surface area contributed by atoms with Crippen LogP contribution in [0.2, 0.25) is 5.02 Å². The Bertz CT molecular complexity index is 593. The van der Waals surface area contributed by atoms with Gasteiger partial charge in [-0.2, -0.15) is 13.2 Å². The third-order valence-corrected chi connectivity index (χ3v) is 2.99. The molecular weight excluding hydrogens is 277 g/mol. The standard InChI is InChI=1S/C14H10ClF3O/c1-19-12-7-3-6-11(15)13(12)9-4-2-5-10(8-9)14(16,17)18/h2-8H,1H3. The van der Waals surface area contributed by atoms with E-state index in [1.165, 1.54) is 13.2 Å². The molecule has 0 saturated carbocycles. The van der Waals surface area contributed by atoms with Crippen LogP contribution in [0.3, 0.4) is 0 Å². The Balaban J connectivity index is 2.60. The van der Waals surface area contributed by atoms with Crippen molar-refractivity contribution in [3.63, 3.8) is 0 Å². The maximum absolute atomic E-state index is 12.7. The number of benzene rings is 2. The SMILES string of the molecule is COc1cccc(Cl)c1-c1cccc(C(F)(F)F)c1. The fraction of sp³-hybridized carbons (Fsp3) is 0.143. The number of rotatable bonds is 2. The van der Waals surface area contributed by atoms with Gasteiger partial charge < -0.3 is 4.74 Å². The molecule has 2 aromatic rings. The van der Waals surface area contributed by atoms with Crippen molar-refractivity contribution in [1.82, 2.24) is 0 Å². The van der Waals surface area contributed by atoms with Crippen LogP contribution < -0.4 is 4.74 Å². The van der Waals surface area contributed by atoms with Crippen molar-refractivity contribution in [3.05, 3.63) is 53.1 Å². The van der Waals surface area contributed by atoms with Crippen LogP contribution in [0.5, 0.6) is 5.75 Å². The van der Waals surface area contributed by atoms with Gasteiger partial charge >= 0.3 is 6.18 Å². The molecule has 0 bridgehead atoms. The van der Waals surface area contributed by atoms with E-state index in [4.69, 9.17) is 16.3 Å². The second-order valence-corrected chi connectivity index (χ2v) is 4.30. The lowest BCUT2D eigenvalue weighted by atomic mass is 10.0. The Morgan fingerprint density at radius 1 is 1.05 bits per heavy atom. The maximum atomic E-state index is 12.7. The molecule has 0 atom stereocenters. The van der Waals surface area contributed by atoms with Gasteiger partial charge in [0.1, 0.15) is 5.75 Å². The zero-order chi connectivity index (χ0) is 14.0. The van der Waals surface area contributed by atoms with Crippen LogP contribution in [0.25, 0.3) is 11.1 Å². The highest BCUT2D eigenvalue weighted by atomic mass is 35.5. The monoisotopic (exact) mass is 286 g/mol. The van der Waals surface area contributed by atoms with Crippen molar-refractivity contribution in [1.29, 1.82) is 0 Å². The molecule has 0 amide bonds. The lowest BCUT2D eigenvalue weighted by molar-refractivity contribution is -0.137. The van der Waals surface area contributed by atoms with Gasteiger partial charge in [-0.1, -0.05) is 29.8 Å². The van der Waals surface area contributed by atoms with Crippen molar-refractivity contribution in [2.24, 2.45) is 0 Å². The molecule has 2 aromatic carbocycles. The molecule has 0 fully saturated rings. The maximum Gasteiger partial charge on any atom is 0.416 e. The summed E-state index contributed by atoms with van der Waals surface area (Å²) in [5.74, 6) is 0.437. The zero-order valence-corrected chi connectivity index (χ0v) is 10.7. The Kier molecular flexibility index (Phi) is 3.71. The summed E-state index contributed by atoms with van der Waals surface area (Å²) >= 11 is 6.05. The normalized spacial score (nSPS) is 11.4. The van der Waals surface area contributed by atoms with E-state index in [9.17, 15) is 13.2 Å². The molecule has 19 heavy (non-hydrogen) atoms. The molecule has 1 nitrogen and oxygen atoms in total. The van der Waals surface area contributed by atoms with Crippen LogP contribution in [0.4, 0.5) is 13.2 Å². The first-order valence-electron chi connectivity index (χ1n) is 5.43. The predicted molar refractivity (Wildman–Crippen MR) is 68.4 cm³/mol. The van der Waals surface area contributed by atoms with Crippen LogP contribution in [-0.2, 0) is 6.18 Å². The predicted octanol–water partition coefficient (Wildman–Crippen LogP) is 5.03. The number of hydrogen-bond donors (Lipinski definition) is 0. The highest BCUT2D eigenvalue weighted by molar-refractivity contribution is 6.33. The molecule has 0 radical (unpaired) electrons. The van der Waals surface area contributed by atoms with E-state index in [0.717, 1.165) is 12.1 Å². The molecule has 0 aliphatic rings. The van der Waals surface area contributed by atoms with E-state index in [0.29, 0.717) is 21.9 Å². The first kappa shape index (κ1) is 13.7. The molecule has 0 aliphatic carbocycles. The third-order valence-electron chi connectivity index (χ3n) is 2.67. The van der Waals surface area contributed by atoms with E-state index < -0.39 is 11.7 Å². The number of ether oxygens (including phenoxy) is 1. The largest absolute Gasteiger partial charge is 0.496 e. The summed E-state index contributed by atoms with van der Waals surface area (Å²) in [5.41, 5.74) is 0.113. The quantitative estimate of drug-likeness (QED) is 0.752. The van der Waals surface area contributed by atoms with Gasteiger partial charge in [0.05, 0.1) is 17.7 Å². The Labute approximate surface area is 113 Å². The van der Waals surface area contributed by atoms with Gasteiger partial charge in [0.2, 0.25) is 0 Å². The van der Waals surface area contributed by atoms with Gasteiger partial charge in [-0.05, 0) is 29.8 Å². The molecule has 2 rings (SSSR count). The van der Waals surface area contributed by atoms with Gasteiger partial charge in [0.25, 0.3) is 0 Å². The fourth-order valence-corrected chi connectivity index (χ4v) is 2.08. The number of alkyl halides is 3. The van der Waals surface area contributed by atoms with E-state index in [1.807, 2.05) is 0 Å². The summed E-state index contributed by atoms with van der Waals surface area (Å²) in [7, 11) is 1.45. The number of hydrogen-bond acceptors (Lipinski definition) is 1. The lowest BCUT2D eigenvalue weighted by Gasteiger charge is -2.13. The van der Waals surface area contributed by atoms with E-state index in [2.05, 4.69) is 0 Å². The summed E-state index contributed by atoms with van der Waals surface area (Å²) in [5, 5.41) is 0.346. The summed E-state index contributed by atoms with van der Waals surface area (Å²) < 4.78 is 43.2. The minimum absolute atomic E-state index is 0.346. The summed E-state index contributed by atoms with van der Waals surface area (Å²) in [6.45, 7) is 0. The average Bonchev–Trinajstić information content (AvgIpc) is 2.37. The first-order chi connectivity index (χ1) is 8.93.